The number of methoxy groups -OCH3 is 2. The van der Waals surface area contributed by atoms with Gasteiger partial charge in [0.15, 0.2) is 17.2 Å². The smallest absolute Gasteiger partial charge is 0.272 e. The Morgan fingerprint density at radius 2 is 1.75 bits per heavy atom. The van der Waals surface area contributed by atoms with Crippen molar-refractivity contribution in [3.63, 3.8) is 0 Å². The van der Waals surface area contributed by atoms with E-state index < -0.39 is 0 Å². The molecular weight excluding hydrogens is 404 g/mol. The fourth-order valence-corrected chi connectivity index (χ4v) is 3.77. The van der Waals surface area contributed by atoms with E-state index in [-0.39, 0.29) is 11.9 Å². The first kappa shape index (κ1) is 23.3. The molecule has 0 spiro atoms. The number of carbonyl (C=O) groups excluding carboxylic acids is 1. The quantitative estimate of drug-likeness (QED) is 0.551. The summed E-state index contributed by atoms with van der Waals surface area (Å²) >= 11 is 0. The second kappa shape index (κ2) is 10.3. The third kappa shape index (κ3) is 5.11. The molecule has 1 unspecified atom stereocenters. The van der Waals surface area contributed by atoms with E-state index in [1.54, 1.807) is 18.9 Å². The van der Waals surface area contributed by atoms with Gasteiger partial charge in [-0.3, -0.25) is 4.79 Å². The predicted molar refractivity (Wildman–Crippen MR) is 127 cm³/mol. The van der Waals surface area contributed by atoms with Crippen LogP contribution in [0.15, 0.2) is 54.7 Å². The zero-order valence-corrected chi connectivity index (χ0v) is 19.6. The number of amides is 1. The van der Waals surface area contributed by atoms with Gasteiger partial charge in [-0.15, -0.1) is 0 Å². The molecule has 0 aliphatic heterocycles. The summed E-state index contributed by atoms with van der Waals surface area (Å²) < 4.78 is 12.6. The maximum Gasteiger partial charge on any atom is 0.272 e. The Morgan fingerprint density at radius 1 is 1.06 bits per heavy atom. The monoisotopic (exact) mass is 436 g/mol. The Kier molecular flexibility index (Phi) is 7.53. The minimum atomic E-state index is -0.211. The highest BCUT2D eigenvalue weighted by molar-refractivity contribution is 5.99. The zero-order valence-electron chi connectivity index (χ0n) is 19.6. The Bertz CT molecular complexity index is 1040. The molecule has 0 fully saturated rings. The Hall–Kier alpha value is -3.32. The van der Waals surface area contributed by atoms with Gasteiger partial charge in [0.1, 0.15) is 0 Å². The fraction of sp³-hybridized carbons (Fsp3) is 0.360. The number of nitrogens with zero attached hydrogens (tertiary/aromatic N) is 3. The largest absolute Gasteiger partial charge is 0.493 e. The van der Waals surface area contributed by atoms with Gasteiger partial charge < -0.3 is 19.7 Å². The summed E-state index contributed by atoms with van der Waals surface area (Å²) in [7, 11) is 7.24. The van der Waals surface area contributed by atoms with Crippen LogP contribution in [-0.2, 0) is 0 Å². The van der Waals surface area contributed by atoms with E-state index in [0.29, 0.717) is 29.7 Å². The topological polar surface area (TPSA) is 68.6 Å². The summed E-state index contributed by atoms with van der Waals surface area (Å²) in [6, 6.07) is 15.6. The molecule has 1 atom stereocenters. The van der Waals surface area contributed by atoms with Crippen molar-refractivity contribution < 1.29 is 14.3 Å². The number of likely N-dealkylation sites (N-methyl/N-ethyl adjacent to an activating group) is 1. The number of nitrogens with one attached hydrogen (secondary N) is 1. The highest BCUT2D eigenvalue weighted by Crippen LogP contribution is 2.34. The standard InChI is InChI=1S/C25H32N4O3/c1-17(2)21(28(3)4)15-26-25(30)24-20(16-29(27-24)19-10-8-7-9-11-19)18-12-13-22(31-5)23(14-18)32-6/h7-14,16-17,21H,15H2,1-6H3,(H,26,30). The van der Waals surface area contributed by atoms with Gasteiger partial charge in [0, 0.05) is 24.3 Å². The molecule has 0 bridgehead atoms. The maximum absolute atomic E-state index is 13.2. The molecule has 1 heterocycles. The van der Waals surface area contributed by atoms with Crippen LogP contribution in [0.3, 0.4) is 0 Å². The molecule has 7 nitrogen and oxygen atoms in total. The van der Waals surface area contributed by atoms with Crippen molar-refractivity contribution in [1.82, 2.24) is 20.0 Å². The summed E-state index contributed by atoms with van der Waals surface area (Å²) in [5.41, 5.74) is 2.78. The summed E-state index contributed by atoms with van der Waals surface area (Å²) in [5, 5.41) is 7.72. The molecule has 0 saturated heterocycles. The SMILES string of the molecule is COc1ccc(-c2cn(-c3ccccc3)nc2C(=O)NCC(C(C)C)N(C)C)cc1OC. The van der Waals surface area contributed by atoms with Gasteiger partial charge in [0.2, 0.25) is 0 Å². The van der Waals surface area contributed by atoms with Crippen LogP contribution in [0.25, 0.3) is 16.8 Å². The normalized spacial score (nSPS) is 12.1. The van der Waals surface area contributed by atoms with Crippen molar-refractivity contribution >= 4 is 5.91 Å². The van der Waals surface area contributed by atoms with E-state index in [1.807, 2.05) is 68.8 Å². The molecule has 0 aliphatic carbocycles. The first-order valence-electron chi connectivity index (χ1n) is 10.7. The Morgan fingerprint density at radius 3 is 2.34 bits per heavy atom. The van der Waals surface area contributed by atoms with Gasteiger partial charge >= 0.3 is 0 Å². The third-order valence-corrected chi connectivity index (χ3v) is 5.55. The van der Waals surface area contributed by atoms with Crippen molar-refractivity contribution in [1.29, 1.82) is 0 Å². The average molecular weight is 437 g/mol. The molecule has 0 aliphatic rings. The van der Waals surface area contributed by atoms with Gasteiger partial charge in [-0.05, 0) is 49.8 Å². The van der Waals surface area contributed by atoms with Gasteiger partial charge in [-0.25, -0.2) is 4.68 Å². The maximum atomic E-state index is 13.2. The summed E-state index contributed by atoms with van der Waals surface area (Å²) in [6.07, 6.45) is 1.87. The van der Waals surface area contributed by atoms with E-state index in [9.17, 15) is 4.79 Å². The Balaban J connectivity index is 2.01. The number of hydrogen-bond acceptors (Lipinski definition) is 5. The van der Waals surface area contributed by atoms with Crippen LogP contribution < -0.4 is 14.8 Å². The number of rotatable bonds is 9. The van der Waals surface area contributed by atoms with Crippen molar-refractivity contribution in [3.8, 4) is 28.3 Å². The number of para-hydroxylation sites is 1. The van der Waals surface area contributed by atoms with Crippen LogP contribution in [-0.4, -0.2) is 61.5 Å². The summed E-state index contributed by atoms with van der Waals surface area (Å²) in [5.74, 6) is 1.41. The lowest BCUT2D eigenvalue weighted by Gasteiger charge is -2.28. The highest BCUT2D eigenvalue weighted by atomic mass is 16.5. The van der Waals surface area contributed by atoms with Crippen LogP contribution in [0, 0.1) is 5.92 Å². The number of hydrogen-bond donors (Lipinski definition) is 1. The minimum Gasteiger partial charge on any atom is -0.493 e. The Labute approximate surface area is 190 Å². The van der Waals surface area contributed by atoms with Crippen molar-refractivity contribution in [2.45, 2.75) is 19.9 Å². The average Bonchev–Trinajstić information content (AvgIpc) is 3.24. The van der Waals surface area contributed by atoms with Crippen LogP contribution in [0.5, 0.6) is 11.5 Å². The predicted octanol–water partition coefficient (Wildman–Crippen LogP) is 3.87. The molecule has 3 aromatic rings. The van der Waals surface area contributed by atoms with Crippen molar-refractivity contribution in [3.05, 3.63) is 60.4 Å². The summed E-state index contributed by atoms with van der Waals surface area (Å²) in [4.78, 5) is 15.4. The number of carbonyl (C=O) groups is 1. The molecule has 1 N–H and O–H groups in total. The van der Waals surface area contributed by atoms with Crippen LogP contribution >= 0.6 is 0 Å². The number of aromatic nitrogens is 2. The molecule has 7 heteroatoms. The van der Waals surface area contributed by atoms with E-state index in [2.05, 4.69) is 29.2 Å². The molecule has 3 rings (SSSR count). The second-order valence-corrected chi connectivity index (χ2v) is 8.23. The molecule has 170 valence electrons. The second-order valence-electron chi connectivity index (χ2n) is 8.23. The van der Waals surface area contributed by atoms with Crippen LogP contribution in [0.2, 0.25) is 0 Å². The zero-order chi connectivity index (χ0) is 23.3. The lowest BCUT2D eigenvalue weighted by molar-refractivity contribution is 0.0930. The molecular formula is C25H32N4O3. The van der Waals surface area contributed by atoms with Gasteiger partial charge in [0.25, 0.3) is 5.91 Å². The molecule has 2 aromatic carbocycles. The fourth-order valence-electron chi connectivity index (χ4n) is 3.77. The molecule has 0 radical (unpaired) electrons. The molecule has 32 heavy (non-hydrogen) atoms. The molecule has 1 aromatic heterocycles. The van der Waals surface area contributed by atoms with Gasteiger partial charge in [-0.2, -0.15) is 5.10 Å². The summed E-state index contributed by atoms with van der Waals surface area (Å²) in [6.45, 7) is 4.83. The molecule has 0 saturated carbocycles. The van der Waals surface area contributed by atoms with E-state index in [0.717, 1.165) is 16.8 Å². The first-order chi connectivity index (χ1) is 15.3. The number of benzene rings is 2. The van der Waals surface area contributed by atoms with Gasteiger partial charge in [-0.1, -0.05) is 38.1 Å². The number of ether oxygens (including phenoxy) is 2. The third-order valence-electron chi connectivity index (χ3n) is 5.55. The van der Waals surface area contributed by atoms with E-state index in [1.165, 1.54) is 0 Å². The highest BCUT2D eigenvalue weighted by Gasteiger charge is 2.22. The first-order valence-corrected chi connectivity index (χ1v) is 10.7. The van der Waals surface area contributed by atoms with E-state index in [4.69, 9.17) is 9.47 Å². The van der Waals surface area contributed by atoms with Crippen molar-refractivity contribution in [2.24, 2.45) is 5.92 Å². The van der Waals surface area contributed by atoms with Crippen LogP contribution in [0.4, 0.5) is 0 Å². The van der Waals surface area contributed by atoms with E-state index >= 15 is 0 Å². The lowest BCUT2D eigenvalue weighted by Crippen LogP contribution is -2.43. The minimum absolute atomic E-state index is 0.211. The lowest BCUT2D eigenvalue weighted by atomic mass is 10.0. The van der Waals surface area contributed by atoms with Crippen LogP contribution in [0.1, 0.15) is 24.3 Å². The molecule has 1 amide bonds. The van der Waals surface area contributed by atoms with Gasteiger partial charge in [0.05, 0.1) is 19.9 Å². The van der Waals surface area contributed by atoms with Crippen molar-refractivity contribution in [2.75, 3.05) is 34.9 Å².